The van der Waals surface area contributed by atoms with E-state index in [1.54, 1.807) is 24.3 Å². The van der Waals surface area contributed by atoms with Crippen molar-refractivity contribution in [2.45, 2.75) is 14.9 Å². The molecule has 0 amide bonds. The number of rotatable bonds is 6. The van der Waals surface area contributed by atoms with Crippen molar-refractivity contribution in [2.75, 3.05) is 4.72 Å². The van der Waals surface area contributed by atoms with Crippen LogP contribution in [0.3, 0.4) is 0 Å². The molecule has 15 heteroatoms. The zero-order valence-electron chi connectivity index (χ0n) is 17.3. The van der Waals surface area contributed by atoms with E-state index in [4.69, 9.17) is 37.9 Å². The minimum absolute atomic E-state index is 0.0485. The molecule has 184 valence electrons. The van der Waals surface area contributed by atoms with Crippen LogP contribution in [0.4, 0.5) is 5.69 Å². The SMILES string of the molecule is NS(=O)(=O)c1ccc(Cl)c(S(N)(=O)=O)c1-c1ccc(Cl)cc1NS(=O)(=O)c1cc2ccccc2o1. The van der Waals surface area contributed by atoms with Gasteiger partial charge < -0.3 is 4.42 Å². The Morgan fingerprint density at radius 1 is 0.800 bits per heavy atom. The minimum Gasteiger partial charge on any atom is -0.443 e. The molecule has 0 fully saturated rings. The minimum atomic E-state index is -4.62. The molecule has 0 saturated carbocycles. The molecule has 1 aromatic heterocycles. The van der Waals surface area contributed by atoms with E-state index in [1.807, 2.05) is 0 Å². The fourth-order valence-electron chi connectivity index (χ4n) is 3.41. The highest BCUT2D eigenvalue weighted by Crippen LogP contribution is 2.42. The van der Waals surface area contributed by atoms with Crippen LogP contribution in [0.25, 0.3) is 22.1 Å². The molecular weight excluding hydrogens is 561 g/mol. The molecule has 0 radical (unpaired) electrons. The van der Waals surface area contributed by atoms with Gasteiger partial charge in [0.15, 0.2) is 0 Å². The van der Waals surface area contributed by atoms with E-state index in [0.717, 1.165) is 18.2 Å². The highest BCUT2D eigenvalue weighted by molar-refractivity contribution is 7.92. The first-order valence-electron chi connectivity index (χ1n) is 9.38. The van der Waals surface area contributed by atoms with Gasteiger partial charge in [0.05, 0.1) is 15.6 Å². The Kier molecular flexibility index (Phi) is 6.38. The van der Waals surface area contributed by atoms with Crippen molar-refractivity contribution in [3.63, 3.8) is 0 Å². The van der Waals surface area contributed by atoms with E-state index in [2.05, 4.69) is 4.72 Å². The normalized spacial score (nSPS) is 12.7. The first kappa shape index (κ1) is 25.4. The number of nitrogens with one attached hydrogen (secondary N) is 1. The Morgan fingerprint density at radius 3 is 2.11 bits per heavy atom. The third kappa shape index (κ3) is 5.02. The molecule has 5 N–H and O–H groups in total. The van der Waals surface area contributed by atoms with Crippen LogP contribution < -0.4 is 15.0 Å². The van der Waals surface area contributed by atoms with Gasteiger partial charge in [0.1, 0.15) is 10.5 Å². The molecule has 1 heterocycles. The second-order valence-corrected chi connectivity index (χ2v) is 12.7. The average molecular weight is 576 g/mol. The van der Waals surface area contributed by atoms with Gasteiger partial charge in [0.25, 0.3) is 10.0 Å². The molecule has 0 spiro atoms. The van der Waals surface area contributed by atoms with Crippen LogP contribution in [0.15, 0.2) is 80.0 Å². The Hall–Kier alpha value is -2.65. The fraction of sp³-hybridized carbons (Fsp3) is 0. The highest BCUT2D eigenvalue weighted by Gasteiger charge is 2.30. The number of fused-ring (bicyclic) bond motifs is 1. The van der Waals surface area contributed by atoms with Gasteiger partial charge in [-0.1, -0.05) is 47.5 Å². The molecule has 10 nitrogen and oxygen atoms in total. The smallest absolute Gasteiger partial charge is 0.295 e. The Bertz CT molecular complexity index is 1780. The monoisotopic (exact) mass is 575 g/mol. The molecule has 0 saturated heterocycles. The van der Waals surface area contributed by atoms with Gasteiger partial charge in [0.2, 0.25) is 25.1 Å². The van der Waals surface area contributed by atoms with Gasteiger partial charge in [0, 0.05) is 27.6 Å². The molecule has 4 rings (SSSR count). The molecule has 0 aliphatic heterocycles. The van der Waals surface area contributed by atoms with E-state index < -0.39 is 55.5 Å². The number of sulfonamides is 3. The number of anilines is 1. The summed E-state index contributed by atoms with van der Waals surface area (Å²) in [6.07, 6.45) is 0. The van der Waals surface area contributed by atoms with Crippen molar-refractivity contribution in [3.05, 3.63) is 70.7 Å². The zero-order chi connectivity index (χ0) is 25.8. The maximum atomic E-state index is 13.1. The van der Waals surface area contributed by atoms with Gasteiger partial charge in [-0.3, -0.25) is 4.72 Å². The first-order chi connectivity index (χ1) is 16.2. The zero-order valence-corrected chi connectivity index (χ0v) is 21.2. The summed E-state index contributed by atoms with van der Waals surface area (Å²) in [7, 11) is -13.5. The van der Waals surface area contributed by atoms with Gasteiger partial charge in [-0.25, -0.2) is 27.1 Å². The van der Waals surface area contributed by atoms with Crippen LogP contribution in [0.5, 0.6) is 0 Å². The summed E-state index contributed by atoms with van der Waals surface area (Å²) in [6.45, 7) is 0. The molecule has 0 atom stereocenters. The van der Waals surface area contributed by atoms with Crippen LogP contribution >= 0.6 is 23.2 Å². The molecule has 0 bridgehead atoms. The lowest BCUT2D eigenvalue weighted by molar-refractivity contribution is 0.484. The summed E-state index contributed by atoms with van der Waals surface area (Å²) in [4.78, 5) is -1.42. The van der Waals surface area contributed by atoms with Crippen LogP contribution in [-0.4, -0.2) is 25.3 Å². The third-order valence-electron chi connectivity index (χ3n) is 4.83. The number of hydrogen-bond acceptors (Lipinski definition) is 7. The van der Waals surface area contributed by atoms with Crippen molar-refractivity contribution in [1.29, 1.82) is 0 Å². The summed E-state index contributed by atoms with van der Waals surface area (Å²) in [5.41, 5.74) is -0.719. The van der Waals surface area contributed by atoms with Crippen LogP contribution in [0.2, 0.25) is 10.0 Å². The lowest BCUT2D eigenvalue weighted by atomic mass is 10.0. The fourth-order valence-corrected chi connectivity index (χ4v) is 6.77. The van der Waals surface area contributed by atoms with E-state index in [0.29, 0.717) is 11.0 Å². The number of hydrogen-bond donors (Lipinski definition) is 3. The van der Waals surface area contributed by atoms with Gasteiger partial charge in [-0.15, -0.1) is 0 Å². The average Bonchev–Trinajstić information content (AvgIpc) is 3.17. The number of nitrogens with two attached hydrogens (primary N) is 2. The van der Waals surface area contributed by atoms with Crippen molar-refractivity contribution >= 4 is 69.9 Å². The van der Waals surface area contributed by atoms with E-state index >= 15 is 0 Å². The van der Waals surface area contributed by atoms with Crippen molar-refractivity contribution in [3.8, 4) is 11.1 Å². The van der Waals surface area contributed by atoms with E-state index in [1.165, 1.54) is 18.2 Å². The second-order valence-electron chi connectivity index (χ2n) is 7.24. The summed E-state index contributed by atoms with van der Waals surface area (Å²) < 4.78 is 83.4. The predicted molar refractivity (Wildman–Crippen MR) is 132 cm³/mol. The summed E-state index contributed by atoms with van der Waals surface area (Å²) in [5.74, 6) is 0. The van der Waals surface area contributed by atoms with Crippen LogP contribution in [-0.2, 0) is 30.1 Å². The third-order valence-corrected chi connectivity index (χ3v) is 8.65. The first-order valence-corrected chi connectivity index (χ1v) is 14.7. The quantitative estimate of drug-likeness (QED) is 0.314. The van der Waals surface area contributed by atoms with E-state index in [-0.39, 0.29) is 16.3 Å². The highest BCUT2D eigenvalue weighted by atomic mass is 35.5. The maximum Gasteiger partial charge on any atom is 0.295 e. The molecule has 3 aromatic carbocycles. The summed E-state index contributed by atoms with van der Waals surface area (Å²) >= 11 is 12.1. The van der Waals surface area contributed by atoms with Crippen molar-refractivity contribution in [2.24, 2.45) is 10.3 Å². The molecule has 0 aliphatic carbocycles. The number of halogens is 2. The second kappa shape index (κ2) is 8.78. The molecular formula is C20H15Cl2N3O7S3. The summed E-state index contributed by atoms with van der Waals surface area (Å²) in [5, 5.41) is 10.3. The Labute approximate surface area is 210 Å². The molecule has 4 aromatic rings. The van der Waals surface area contributed by atoms with Crippen LogP contribution in [0.1, 0.15) is 0 Å². The van der Waals surface area contributed by atoms with Crippen molar-refractivity contribution in [1.82, 2.24) is 0 Å². The number of primary sulfonamides is 2. The lowest BCUT2D eigenvalue weighted by Crippen LogP contribution is -2.20. The Morgan fingerprint density at radius 2 is 1.49 bits per heavy atom. The van der Waals surface area contributed by atoms with Crippen molar-refractivity contribution < 1.29 is 29.7 Å². The Balaban J connectivity index is 2.00. The lowest BCUT2D eigenvalue weighted by Gasteiger charge is -2.18. The van der Waals surface area contributed by atoms with Gasteiger partial charge in [-0.05, 0) is 30.3 Å². The van der Waals surface area contributed by atoms with Crippen LogP contribution in [0, 0.1) is 0 Å². The molecule has 0 aliphatic rings. The number of furan rings is 1. The van der Waals surface area contributed by atoms with Gasteiger partial charge >= 0.3 is 0 Å². The largest absolute Gasteiger partial charge is 0.443 e. The number of para-hydroxylation sites is 1. The predicted octanol–water partition coefficient (Wildman–Crippen LogP) is 3.50. The maximum absolute atomic E-state index is 13.1. The van der Waals surface area contributed by atoms with E-state index in [9.17, 15) is 25.3 Å². The van der Waals surface area contributed by atoms with Gasteiger partial charge in [-0.2, -0.15) is 8.42 Å². The molecule has 35 heavy (non-hydrogen) atoms. The summed E-state index contributed by atoms with van der Waals surface area (Å²) in [6, 6.07) is 13.5. The molecule has 0 unspecified atom stereocenters. The standard InChI is InChI=1S/C20H15Cl2N3O7S3/c21-12-5-6-13(19-17(33(23,26)27)8-7-14(22)20(19)34(24,28)29)15(10-12)25-35(30,31)18-9-11-3-1-2-4-16(11)32-18/h1-10,25H,(H2,23,26,27)(H2,24,28,29). The topological polar surface area (TPSA) is 180 Å². The number of benzene rings is 3.